The molecule has 0 radical (unpaired) electrons. The minimum atomic E-state index is -3.64. The Labute approximate surface area is 213 Å². The highest BCUT2D eigenvalue weighted by Crippen LogP contribution is 2.26. The van der Waals surface area contributed by atoms with E-state index < -0.39 is 21.8 Å². The number of hydrazine groups is 1. The fourth-order valence-corrected chi connectivity index (χ4v) is 6.22. The third kappa shape index (κ3) is 6.19. The van der Waals surface area contributed by atoms with Crippen molar-refractivity contribution in [2.75, 3.05) is 24.3 Å². The molecule has 8 nitrogen and oxygen atoms in total. The maximum atomic E-state index is 13.1. The van der Waals surface area contributed by atoms with Crippen LogP contribution in [0.4, 0.5) is 5.13 Å². The summed E-state index contributed by atoms with van der Waals surface area (Å²) in [6.45, 7) is 2.60. The number of benzene rings is 2. The van der Waals surface area contributed by atoms with E-state index in [1.54, 1.807) is 53.7 Å². The molecule has 0 spiro atoms. The minimum absolute atomic E-state index is 0.0875. The number of fused-ring (bicyclic) bond motifs is 1. The highest BCUT2D eigenvalue weighted by molar-refractivity contribution is 7.91. The van der Waals surface area contributed by atoms with Gasteiger partial charge in [-0.3, -0.25) is 10.2 Å². The Balaban J connectivity index is 1.41. The number of carbonyl (C=O) groups is 2. The average molecular weight is 536 g/mol. The van der Waals surface area contributed by atoms with Crippen molar-refractivity contribution in [1.29, 1.82) is 0 Å². The number of Topliss-reactive ketones (excluding diaryl/α,β-unsaturated/α-hetero) is 1. The van der Waals surface area contributed by atoms with Crippen LogP contribution < -0.4 is 5.43 Å². The molecular formula is C24H26ClN3O5S2. The van der Waals surface area contributed by atoms with Gasteiger partial charge in [0.25, 0.3) is 0 Å². The highest BCUT2D eigenvalue weighted by atomic mass is 35.5. The molecule has 1 saturated heterocycles. The summed E-state index contributed by atoms with van der Waals surface area (Å²) in [4.78, 5) is 29.4. The van der Waals surface area contributed by atoms with Crippen LogP contribution in [0.1, 0.15) is 43.1 Å². The molecule has 1 aliphatic rings. The molecule has 11 heteroatoms. The van der Waals surface area contributed by atoms with E-state index in [0.29, 0.717) is 23.1 Å². The third-order valence-electron chi connectivity index (χ3n) is 5.85. The lowest BCUT2D eigenvalue weighted by molar-refractivity contribution is -0.124. The quantitative estimate of drug-likeness (QED) is 0.392. The summed E-state index contributed by atoms with van der Waals surface area (Å²) < 4.78 is 30.9. The third-order valence-corrected chi connectivity index (χ3v) is 8.55. The first-order valence-corrected chi connectivity index (χ1v) is 14.3. The van der Waals surface area contributed by atoms with E-state index in [0.717, 1.165) is 23.6 Å². The van der Waals surface area contributed by atoms with Gasteiger partial charge in [-0.2, -0.15) is 0 Å². The largest absolute Gasteiger partial charge is 0.461 e. The van der Waals surface area contributed by atoms with Crippen LogP contribution in [0.3, 0.4) is 0 Å². The van der Waals surface area contributed by atoms with E-state index in [-0.39, 0.29) is 35.2 Å². The minimum Gasteiger partial charge on any atom is -0.461 e. The number of thiazole rings is 1. The van der Waals surface area contributed by atoms with Crippen LogP contribution in [-0.4, -0.2) is 55.1 Å². The van der Waals surface area contributed by atoms with Crippen LogP contribution in [-0.2, 0) is 19.4 Å². The number of hydrogen-bond donors (Lipinski definition) is 1. The molecule has 0 saturated carbocycles. The smallest absolute Gasteiger partial charge is 0.357 e. The molecule has 0 aliphatic carbocycles. The lowest BCUT2D eigenvalue weighted by atomic mass is 9.99. The lowest BCUT2D eigenvalue weighted by Crippen LogP contribution is -2.48. The second-order valence-electron chi connectivity index (χ2n) is 8.26. The normalized spacial score (nSPS) is 16.8. The van der Waals surface area contributed by atoms with Gasteiger partial charge in [0.2, 0.25) is 0 Å². The van der Waals surface area contributed by atoms with E-state index in [4.69, 9.17) is 16.3 Å². The van der Waals surface area contributed by atoms with Crippen LogP contribution in [0.25, 0.3) is 10.8 Å². The number of aromatic nitrogens is 1. The number of carbonyl (C=O) groups excluding carboxylic acids is 2. The predicted octanol–water partition coefficient (Wildman–Crippen LogP) is 4.74. The molecule has 1 N–H and O–H groups in total. The first-order valence-electron chi connectivity index (χ1n) is 11.4. The van der Waals surface area contributed by atoms with E-state index in [1.165, 1.54) is 11.3 Å². The van der Waals surface area contributed by atoms with Gasteiger partial charge in [-0.1, -0.05) is 30.2 Å². The summed E-state index contributed by atoms with van der Waals surface area (Å²) in [6.07, 6.45) is 2.31. The number of ketones is 1. The Hall–Kier alpha value is -2.53. The second kappa shape index (κ2) is 11.0. The monoisotopic (exact) mass is 535 g/mol. The predicted molar refractivity (Wildman–Crippen MR) is 137 cm³/mol. The molecule has 2 heterocycles. The number of sulfone groups is 1. The standard InChI is InChI=1S/C24H26ClN3O5S2/c1-2-33-23(30)20-15-34-24(26-20)27-28-11-4-3-5-21(28)22(29)10-12-35(31,32)19-9-7-16-13-18(25)8-6-17(16)14-19/h6-9,13-15,21H,2-5,10-12H2,1H3,(H,26,27). The van der Waals surface area contributed by atoms with Crippen LogP contribution in [0.5, 0.6) is 0 Å². The molecule has 4 rings (SSSR count). The number of hydrogen-bond acceptors (Lipinski definition) is 9. The Morgan fingerprint density at radius 3 is 2.77 bits per heavy atom. The van der Waals surface area contributed by atoms with Crippen molar-refractivity contribution >= 4 is 60.4 Å². The molecule has 0 amide bonds. The van der Waals surface area contributed by atoms with Gasteiger partial charge in [-0.25, -0.2) is 23.2 Å². The van der Waals surface area contributed by atoms with Gasteiger partial charge in [-0.15, -0.1) is 11.3 Å². The van der Waals surface area contributed by atoms with Crippen molar-refractivity contribution in [3.05, 3.63) is 52.5 Å². The number of piperidine rings is 1. The molecule has 1 atom stereocenters. The zero-order valence-corrected chi connectivity index (χ0v) is 21.6. The fraction of sp³-hybridized carbons (Fsp3) is 0.375. The van der Waals surface area contributed by atoms with Gasteiger partial charge in [-0.05, 0) is 54.8 Å². The van der Waals surface area contributed by atoms with Crippen LogP contribution in [0.2, 0.25) is 5.02 Å². The number of halogens is 1. The van der Waals surface area contributed by atoms with Crippen molar-refractivity contribution < 1.29 is 22.7 Å². The van der Waals surface area contributed by atoms with Gasteiger partial charge in [0.1, 0.15) is 0 Å². The Morgan fingerprint density at radius 1 is 1.20 bits per heavy atom. The summed E-state index contributed by atoms with van der Waals surface area (Å²) in [5.74, 6) is -0.903. The number of ether oxygens (including phenoxy) is 1. The number of esters is 1. The van der Waals surface area contributed by atoms with Crippen LogP contribution >= 0.6 is 22.9 Å². The second-order valence-corrected chi connectivity index (χ2v) is 11.7. The molecule has 186 valence electrons. The van der Waals surface area contributed by atoms with Crippen molar-refractivity contribution in [3.63, 3.8) is 0 Å². The molecule has 35 heavy (non-hydrogen) atoms. The zero-order valence-electron chi connectivity index (χ0n) is 19.2. The molecule has 1 unspecified atom stereocenters. The Morgan fingerprint density at radius 2 is 1.97 bits per heavy atom. The Bertz CT molecular complexity index is 1340. The Kier molecular flexibility index (Phi) is 8.05. The van der Waals surface area contributed by atoms with Gasteiger partial charge in [0.15, 0.2) is 26.4 Å². The topological polar surface area (TPSA) is 106 Å². The first-order chi connectivity index (χ1) is 16.8. The van der Waals surface area contributed by atoms with E-state index >= 15 is 0 Å². The van der Waals surface area contributed by atoms with Crippen molar-refractivity contribution in [2.24, 2.45) is 0 Å². The fourth-order valence-electron chi connectivity index (χ4n) is 4.05. The summed E-state index contributed by atoms with van der Waals surface area (Å²) in [7, 11) is -3.64. The van der Waals surface area contributed by atoms with E-state index in [2.05, 4.69) is 10.4 Å². The van der Waals surface area contributed by atoms with Gasteiger partial charge in [0, 0.05) is 23.4 Å². The maximum absolute atomic E-state index is 13.1. The molecular weight excluding hydrogens is 510 g/mol. The summed E-state index contributed by atoms with van der Waals surface area (Å²) in [5, 5.41) is 6.09. The van der Waals surface area contributed by atoms with Gasteiger partial charge in [0.05, 0.1) is 23.3 Å². The van der Waals surface area contributed by atoms with Crippen molar-refractivity contribution in [1.82, 2.24) is 9.99 Å². The molecule has 1 aliphatic heterocycles. The van der Waals surface area contributed by atoms with Crippen LogP contribution in [0, 0.1) is 0 Å². The SMILES string of the molecule is CCOC(=O)c1csc(NN2CCCCC2C(=O)CCS(=O)(=O)c2ccc3cc(Cl)ccc3c2)n1. The highest BCUT2D eigenvalue weighted by Gasteiger charge is 2.30. The summed E-state index contributed by atoms with van der Waals surface area (Å²) in [6, 6.07) is 9.69. The van der Waals surface area contributed by atoms with Gasteiger partial charge < -0.3 is 4.74 Å². The summed E-state index contributed by atoms with van der Waals surface area (Å²) >= 11 is 7.26. The van der Waals surface area contributed by atoms with Crippen molar-refractivity contribution in [2.45, 2.75) is 43.5 Å². The number of nitrogens with one attached hydrogen (secondary N) is 1. The molecule has 1 fully saturated rings. The molecule has 0 bridgehead atoms. The first kappa shape index (κ1) is 25.6. The number of rotatable bonds is 9. The van der Waals surface area contributed by atoms with E-state index in [1.807, 2.05) is 0 Å². The molecule has 2 aromatic carbocycles. The molecule has 3 aromatic rings. The zero-order chi connectivity index (χ0) is 25.0. The number of anilines is 1. The molecule has 1 aromatic heterocycles. The number of nitrogens with zero attached hydrogens (tertiary/aromatic N) is 2. The van der Waals surface area contributed by atoms with Crippen molar-refractivity contribution in [3.8, 4) is 0 Å². The average Bonchev–Trinajstić information content (AvgIpc) is 3.31. The summed E-state index contributed by atoms with van der Waals surface area (Å²) in [5.41, 5.74) is 3.35. The van der Waals surface area contributed by atoms with Crippen LogP contribution in [0.15, 0.2) is 46.7 Å². The maximum Gasteiger partial charge on any atom is 0.357 e. The van der Waals surface area contributed by atoms with Gasteiger partial charge >= 0.3 is 5.97 Å². The lowest BCUT2D eigenvalue weighted by Gasteiger charge is -2.34. The van der Waals surface area contributed by atoms with E-state index in [9.17, 15) is 18.0 Å².